The van der Waals surface area contributed by atoms with Crippen molar-refractivity contribution in [3.63, 3.8) is 0 Å². The van der Waals surface area contributed by atoms with E-state index in [0.717, 1.165) is 12.3 Å². The summed E-state index contributed by atoms with van der Waals surface area (Å²) in [4.78, 5) is 29.8. The molecular formula is C15H18F3N3O3. The number of carboxylic acids is 1. The summed E-state index contributed by atoms with van der Waals surface area (Å²) in [6.45, 7) is 1.90. The fourth-order valence-electron chi connectivity index (χ4n) is 2.51. The van der Waals surface area contributed by atoms with Gasteiger partial charge in [0.25, 0.3) is 0 Å². The van der Waals surface area contributed by atoms with Crippen LogP contribution in [0.3, 0.4) is 0 Å². The van der Waals surface area contributed by atoms with Crippen molar-refractivity contribution in [3.8, 4) is 0 Å². The van der Waals surface area contributed by atoms with Gasteiger partial charge in [0.05, 0.1) is 12.0 Å². The summed E-state index contributed by atoms with van der Waals surface area (Å²) >= 11 is 0. The molecule has 2 rings (SSSR count). The molecule has 2 heterocycles. The smallest absolute Gasteiger partial charge is 0.417 e. The molecule has 132 valence electrons. The van der Waals surface area contributed by atoms with E-state index in [4.69, 9.17) is 5.11 Å². The zero-order valence-corrected chi connectivity index (χ0v) is 12.9. The molecule has 0 aromatic carbocycles. The molecule has 0 aliphatic carbocycles. The first-order chi connectivity index (χ1) is 11.3. The van der Waals surface area contributed by atoms with Crippen molar-refractivity contribution in [3.05, 3.63) is 23.9 Å². The third-order valence-corrected chi connectivity index (χ3v) is 3.80. The van der Waals surface area contributed by atoms with Gasteiger partial charge in [-0.15, -0.1) is 0 Å². The number of aliphatic carboxylic acids is 1. The Morgan fingerprint density at radius 2 is 1.88 bits per heavy atom. The van der Waals surface area contributed by atoms with Crippen LogP contribution in [0.5, 0.6) is 0 Å². The highest BCUT2D eigenvalue weighted by Gasteiger charge is 2.31. The summed E-state index contributed by atoms with van der Waals surface area (Å²) in [7, 11) is 0. The Kier molecular flexibility index (Phi) is 5.63. The van der Waals surface area contributed by atoms with Crippen LogP contribution in [-0.4, -0.2) is 53.0 Å². The van der Waals surface area contributed by atoms with Crippen molar-refractivity contribution < 1.29 is 27.9 Å². The first-order valence-corrected chi connectivity index (χ1v) is 7.55. The lowest BCUT2D eigenvalue weighted by atomic mass is 10.2. The number of rotatable bonds is 4. The number of halogens is 3. The third kappa shape index (κ3) is 4.84. The highest BCUT2D eigenvalue weighted by molar-refractivity contribution is 5.80. The zero-order chi connectivity index (χ0) is 17.7. The molecule has 0 radical (unpaired) electrons. The largest absolute Gasteiger partial charge is 0.481 e. The van der Waals surface area contributed by atoms with E-state index in [-0.39, 0.29) is 18.7 Å². The molecule has 1 fully saturated rings. The number of pyridine rings is 1. The SMILES string of the molecule is O=C(O)CCC(=O)N1CCCN(c2ccc(C(F)(F)F)cn2)CC1. The summed E-state index contributed by atoms with van der Waals surface area (Å²) in [5, 5.41) is 8.62. The van der Waals surface area contributed by atoms with E-state index < -0.39 is 17.7 Å². The number of hydrogen-bond acceptors (Lipinski definition) is 4. The second-order valence-corrected chi connectivity index (χ2v) is 5.52. The maximum absolute atomic E-state index is 12.6. The number of alkyl halides is 3. The number of anilines is 1. The molecule has 9 heteroatoms. The average Bonchev–Trinajstić information content (AvgIpc) is 2.78. The van der Waals surface area contributed by atoms with Crippen molar-refractivity contribution >= 4 is 17.7 Å². The molecule has 0 spiro atoms. The van der Waals surface area contributed by atoms with Crippen LogP contribution in [-0.2, 0) is 15.8 Å². The summed E-state index contributed by atoms with van der Waals surface area (Å²) in [6, 6.07) is 2.31. The van der Waals surface area contributed by atoms with Crippen LogP contribution < -0.4 is 4.90 Å². The molecule has 6 nitrogen and oxygen atoms in total. The molecule has 1 amide bonds. The average molecular weight is 345 g/mol. The minimum absolute atomic E-state index is 0.0478. The third-order valence-electron chi connectivity index (χ3n) is 3.80. The van der Waals surface area contributed by atoms with E-state index in [1.165, 1.54) is 6.07 Å². The summed E-state index contributed by atoms with van der Waals surface area (Å²) in [6.07, 6.45) is -3.23. The molecule has 0 saturated carbocycles. The van der Waals surface area contributed by atoms with Gasteiger partial charge >= 0.3 is 12.1 Å². The minimum atomic E-state index is -4.42. The van der Waals surface area contributed by atoms with Crippen molar-refractivity contribution in [2.75, 3.05) is 31.1 Å². The fraction of sp³-hybridized carbons (Fsp3) is 0.533. The van der Waals surface area contributed by atoms with E-state index in [1.807, 2.05) is 4.90 Å². The second kappa shape index (κ2) is 7.50. The van der Waals surface area contributed by atoms with Crippen molar-refractivity contribution in [2.45, 2.75) is 25.4 Å². The lowest BCUT2D eigenvalue weighted by Gasteiger charge is -2.23. The molecule has 0 unspecified atom stereocenters. The maximum atomic E-state index is 12.6. The Morgan fingerprint density at radius 3 is 2.46 bits per heavy atom. The van der Waals surface area contributed by atoms with Crippen LogP contribution in [0.4, 0.5) is 19.0 Å². The quantitative estimate of drug-likeness (QED) is 0.904. The van der Waals surface area contributed by atoms with Crippen LogP contribution in [0.2, 0.25) is 0 Å². The van der Waals surface area contributed by atoms with Gasteiger partial charge in [-0.1, -0.05) is 0 Å². The van der Waals surface area contributed by atoms with Gasteiger partial charge in [0.15, 0.2) is 0 Å². The van der Waals surface area contributed by atoms with Crippen molar-refractivity contribution in [1.29, 1.82) is 0 Å². The van der Waals surface area contributed by atoms with Crippen LogP contribution in [0.15, 0.2) is 18.3 Å². The van der Waals surface area contributed by atoms with Gasteiger partial charge in [0, 0.05) is 38.8 Å². The first-order valence-electron chi connectivity index (χ1n) is 7.55. The lowest BCUT2D eigenvalue weighted by Crippen LogP contribution is -2.35. The predicted octanol–water partition coefficient (Wildman–Crippen LogP) is 2.00. The fourth-order valence-corrected chi connectivity index (χ4v) is 2.51. The molecule has 0 atom stereocenters. The Labute approximate surface area is 136 Å². The van der Waals surface area contributed by atoms with Gasteiger partial charge in [-0.2, -0.15) is 13.2 Å². The van der Waals surface area contributed by atoms with Crippen LogP contribution in [0.25, 0.3) is 0 Å². The molecular weight excluding hydrogens is 327 g/mol. The molecule has 24 heavy (non-hydrogen) atoms. The summed E-state index contributed by atoms with van der Waals surface area (Å²) in [5.41, 5.74) is -0.799. The maximum Gasteiger partial charge on any atom is 0.417 e. The van der Waals surface area contributed by atoms with Crippen molar-refractivity contribution in [1.82, 2.24) is 9.88 Å². The van der Waals surface area contributed by atoms with Gasteiger partial charge < -0.3 is 14.9 Å². The van der Waals surface area contributed by atoms with Crippen molar-refractivity contribution in [2.24, 2.45) is 0 Å². The van der Waals surface area contributed by atoms with Crippen LogP contribution in [0.1, 0.15) is 24.8 Å². The van der Waals surface area contributed by atoms with E-state index in [2.05, 4.69) is 4.98 Å². The minimum Gasteiger partial charge on any atom is -0.481 e. The standard InChI is InChI=1S/C15H18F3N3O3/c16-15(17,18)11-2-3-12(19-10-11)20-6-1-7-21(9-8-20)13(22)4-5-14(23)24/h2-3,10H,1,4-9H2,(H,23,24). The number of amides is 1. The molecule has 1 aliphatic heterocycles. The van der Waals surface area contributed by atoms with Gasteiger partial charge in [0.2, 0.25) is 5.91 Å². The number of carbonyl (C=O) groups is 2. The van der Waals surface area contributed by atoms with Gasteiger partial charge in [-0.05, 0) is 18.6 Å². The molecule has 1 saturated heterocycles. The molecule has 1 aromatic heterocycles. The highest BCUT2D eigenvalue weighted by Crippen LogP contribution is 2.29. The Bertz CT molecular complexity index is 590. The second-order valence-electron chi connectivity index (χ2n) is 5.52. The molecule has 1 N–H and O–H groups in total. The Morgan fingerprint density at radius 1 is 1.12 bits per heavy atom. The number of carbonyl (C=O) groups excluding carboxylic acids is 1. The number of carboxylic acid groups (broad SMARTS) is 1. The number of hydrogen-bond donors (Lipinski definition) is 1. The monoisotopic (exact) mass is 345 g/mol. The van der Waals surface area contributed by atoms with E-state index in [0.29, 0.717) is 38.4 Å². The Balaban J connectivity index is 1.95. The van der Waals surface area contributed by atoms with Gasteiger partial charge in [-0.3, -0.25) is 9.59 Å². The van der Waals surface area contributed by atoms with Crippen LogP contribution in [0, 0.1) is 0 Å². The topological polar surface area (TPSA) is 73.7 Å². The summed E-state index contributed by atoms with van der Waals surface area (Å²) < 4.78 is 37.7. The molecule has 1 aromatic rings. The molecule has 1 aliphatic rings. The number of nitrogens with zero attached hydrogens (tertiary/aromatic N) is 3. The van der Waals surface area contributed by atoms with Gasteiger partial charge in [0.1, 0.15) is 5.82 Å². The highest BCUT2D eigenvalue weighted by atomic mass is 19.4. The van der Waals surface area contributed by atoms with Gasteiger partial charge in [-0.25, -0.2) is 4.98 Å². The lowest BCUT2D eigenvalue weighted by molar-refractivity contribution is -0.140. The first kappa shape index (κ1) is 18.0. The zero-order valence-electron chi connectivity index (χ0n) is 12.9. The van der Waals surface area contributed by atoms with E-state index >= 15 is 0 Å². The Hall–Kier alpha value is -2.32. The number of aromatic nitrogens is 1. The normalized spacial score (nSPS) is 16.0. The predicted molar refractivity (Wildman–Crippen MR) is 79.5 cm³/mol. The van der Waals surface area contributed by atoms with E-state index in [9.17, 15) is 22.8 Å². The van der Waals surface area contributed by atoms with E-state index in [1.54, 1.807) is 4.90 Å². The van der Waals surface area contributed by atoms with Crippen LogP contribution >= 0.6 is 0 Å². The summed E-state index contributed by atoms with van der Waals surface area (Å²) in [5.74, 6) is -0.809. The molecule has 0 bridgehead atoms.